The van der Waals surface area contributed by atoms with E-state index in [0.29, 0.717) is 24.3 Å². The summed E-state index contributed by atoms with van der Waals surface area (Å²) in [6.45, 7) is 1.20. The van der Waals surface area contributed by atoms with Gasteiger partial charge in [0.1, 0.15) is 5.69 Å². The van der Waals surface area contributed by atoms with E-state index in [1.54, 1.807) is 19.1 Å². The lowest BCUT2D eigenvalue weighted by Gasteiger charge is -2.16. The Kier molecular flexibility index (Phi) is 4.19. The van der Waals surface area contributed by atoms with Crippen molar-refractivity contribution in [3.63, 3.8) is 0 Å². The normalized spacial score (nSPS) is 18.1. The Morgan fingerprint density at radius 2 is 2.30 bits per heavy atom. The molecule has 1 heterocycles. The fraction of sp³-hybridized carbons (Fsp3) is 0.462. The number of rotatable bonds is 4. The van der Waals surface area contributed by atoms with Crippen LogP contribution in [0.3, 0.4) is 0 Å². The first kappa shape index (κ1) is 14.3. The fourth-order valence-corrected chi connectivity index (χ4v) is 2.32. The van der Waals surface area contributed by atoms with Crippen LogP contribution in [-0.4, -0.2) is 49.1 Å². The molecule has 1 saturated heterocycles. The van der Waals surface area contributed by atoms with Crippen LogP contribution in [0.2, 0.25) is 0 Å². The van der Waals surface area contributed by atoms with Gasteiger partial charge in [-0.1, -0.05) is 0 Å². The number of nitrogens with one attached hydrogen (secondary N) is 1. The second-order valence-corrected chi connectivity index (χ2v) is 4.64. The third kappa shape index (κ3) is 2.72. The Hall–Kier alpha value is -2.15. The van der Waals surface area contributed by atoms with Crippen molar-refractivity contribution in [2.75, 3.05) is 32.6 Å². The number of hydrogen-bond acceptors (Lipinski definition) is 5. The molecule has 0 radical (unpaired) electrons. The molecule has 0 aliphatic carbocycles. The van der Waals surface area contributed by atoms with Crippen molar-refractivity contribution in [2.24, 2.45) is 0 Å². The highest BCUT2D eigenvalue weighted by Crippen LogP contribution is 2.26. The number of anilines is 1. The predicted octanol–water partition coefficient (Wildman–Crippen LogP) is 1.50. The number of hydrogen-bond donors (Lipinski definition) is 1. The molecule has 1 aliphatic rings. The summed E-state index contributed by atoms with van der Waals surface area (Å²) in [5.41, 5.74) is 0.736. The standard InChI is InChI=1S/C13H17N3O4/c1-14-11-7-9(3-4-12(11)16(18)19)13(17)15-6-5-10(8-15)20-2/h3-4,7,10,14H,5-6,8H2,1-2H3. The summed E-state index contributed by atoms with van der Waals surface area (Å²) < 4.78 is 5.23. The van der Waals surface area contributed by atoms with Crippen LogP contribution in [0.25, 0.3) is 0 Å². The van der Waals surface area contributed by atoms with E-state index in [-0.39, 0.29) is 17.7 Å². The number of methoxy groups -OCH3 is 1. The molecule has 2 rings (SSSR count). The smallest absolute Gasteiger partial charge is 0.292 e. The molecule has 1 amide bonds. The minimum absolute atomic E-state index is 0.0414. The first-order chi connectivity index (χ1) is 9.56. The Balaban J connectivity index is 2.21. The minimum atomic E-state index is -0.475. The third-order valence-corrected chi connectivity index (χ3v) is 3.48. The number of benzene rings is 1. The van der Waals surface area contributed by atoms with Crippen molar-refractivity contribution >= 4 is 17.3 Å². The Bertz CT molecular complexity index is 532. The van der Waals surface area contributed by atoms with Gasteiger partial charge in [0.25, 0.3) is 11.6 Å². The van der Waals surface area contributed by atoms with Crippen LogP contribution in [0.1, 0.15) is 16.8 Å². The van der Waals surface area contributed by atoms with E-state index >= 15 is 0 Å². The van der Waals surface area contributed by atoms with Crippen molar-refractivity contribution in [3.8, 4) is 0 Å². The molecule has 0 aromatic heterocycles. The Labute approximate surface area is 116 Å². The zero-order valence-electron chi connectivity index (χ0n) is 11.5. The van der Waals surface area contributed by atoms with Gasteiger partial charge in [-0.05, 0) is 18.6 Å². The van der Waals surface area contributed by atoms with Crippen molar-refractivity contribution in [1.29, 1.82) is 0 Å². The zero-order valence-corrected chi connectivity index (χ0v) is 11.5. The molecule has 0 saturated carbocycles. The molecule has 0 spiro atoms. The second-order valence-electron chi connectivity index (χ2n) is 4.64. The van der Waals surface area contributed by atoms with Crippen molar-refractivity contribution in [3.05, 3.63) is 33.9 Å². The predicted molar refractivity (Wildman–Crippen MR) is 74.0 cm³/mol. The van der Waals surface area contributed by atoms with E-state index in [0.717, 1.165) is 6.42 Å². The molecular weight excluding hydrogens is 262 g/mol. The highest BCUT2D eigenvalue weighted by atomic mass is 16.6. The van der Waals surface area contributed by atoms with Gasteiger partial charge in [-0.3, -0.25) is 14.9 Å². The van der Waals surface area contributed by atoms with Crippen LogP contribution in [0.4, 0.5) is 11.4 Å². The summed E-state index contributed by atoms with van der Waals surface area (Å²) >= 11 is 0. The molecule has 1 aromatic carbocycles. The van der Waals surface area contributed by atoms with Gasteiger partial charge in [-0.15, -0.1) is 0 Å². The number of carbonyl (C=O) groups is 1. The number of likely N-dealkylation sites (tertiary alicyclic amines) is 1. The number of carbonyl (C=O) groups excluding carboxylic acids is 1. The summed E-state index contributed by atoms with van der Waals surface area (Å²) in [7, 11) is 3.22. The molecule has 0 bridgehead atoms. The van der Waals surface area contributed by atoms with Crippen LogP contribution in [0, 0.1) is 10.1 Å². The van der Waals surface area contributed by atoms with Crippen LogP contribution in [-0.2, 0) is 4.74 Å². The summed E-state index contributed by atoms with van der Waals surface area (Å²) in [5, 5.41) is 13.6. The first-order valence-corrected chi connectivity index (χ1v) is 6.35. The summed E-state index contributed by atoms with van der Waals surface area (Å²) in [4.78, 5) is 24.4. The average Bonchev–Trinajstić information content (AvgIpc) is 2.94. The number of nitro benzene ring substituents is 1. The molecular formula is C13H17N3O4. The van der Waals surface area contributed by atoms with Gasteiger partial charge in [-0.25, -0.2) is 0 Å². The van der Waals surface area contributed by atoms with Gasteiger partial charge in [0.15, 0.2) is 0 Å². The molecule has 1 atom stereocenters. The Morgan fingerprint density at radius 3 is 2.85 bits per heavy atom. The summed E-state index contributed by atoms with van der Waals surface area (Å²) in [6.07, 6.45) is 0.884. The first-order valence-electron chi connectivity index (χ1n) is 6.35. The van der Waals surface area contributed by atoms with E-state index in [1.165, 1.54) is 18.2 Å². The molecule has 1 aromatic rings. The molecule has 7 heteroatoms. The number of ether oxygens (including phenoxy) is 1. The van der Waals surface area contributed by atoms with Crippen LogP contribution in [0.5, 0.6) is 0 Å². The Morgan fingerprint density at radius 1 is 1.55 bits per heavy atom. The SMILES string of the molecule is CNc1cc(C(=O)N2CCC(OC)C2)ccc1[N+](=O)[O-]. The number of nitrogens with zero attached hydrogens (tertiary/aromatic N) is 2. The maximum absolute atomic E-state index is 12.3. The second kappa shape index (κ2) is 5.87. The fourth-order valence-electron chi connectivity index (χ4n) is 2.32. The lowest BCUT2D eigenvalue weighted by atomic mass is 10.1. The lowest BCUT2D eigenvalue weighted by Crippen LogP contribution is -2.30. The van der Waals surface area contributed by atoms with E-state index in [4.69, 9.17) is 4.74 Å². The van der Waals surface area contributed by atoms with Crippen molar-refractivity contribution in [1.82, 2.24) is 4.90 Å². The molecule has 1 N–H and O–H groups in total. The molecule has 108 valence electrons. The molecule has 1 unspecified atom stereocenters. The summed E-state index contributed by atoms with van der Waals surface area (Å²) in [6, 6.07) is 4.35. The van der Waals surface area contributed by atoms with Gasteiger partial charge >= 0.3 is 0 Å². The maximum Gasteiger partial charge on any atom is 0.292 e. The molecule has 7 nitrogen and oxygen atoms in total. The van der Waals surface area contributed by atoms with Crippen molar-refractivity contribution < 1.29 is 14.5 Å². The molecule has 20 heavy (non-hydrogen) atoms. The van der Waals surface area contributed by atoms with Gasteiger partial charge < -0.3 is 15.0 Å². The zero-order chi connectivity index (χ0) is 14.7. The highest BCUT2D eigenvalue weighted by Gasteiger charge is 2.27. The number of nitro groups is 1. The monoisotopic (exact) mass is 279 g/mol. The largest absolute Gasteiger partial charge is 0.383 e. The van der Waals surface area contributed by atoms with Crippen molar-refractivity contribution in [2.45, 2.75) is 12.5 Å². The third-order valence-electron chi connectivity index (χ3n) is 3.48. The molecule has 1 aliphatic heterocycles. The van der Waals surface area contributed by atoms with Crippen LogP contribution >= 0.6 is 0 Å². The average molecular weight is 279 g/mol. The van der Waals surface area contributed by atoms with Gasteiger partial charge in [0.2, 0.25) is 0 Å². The van der Waals surface area contributed by atoms with Gasteiger partial charge in [-0.2, -0.15) is 0 Å². The minimum Gasteiger partial charge on any atom is -0.383 e. The summed E-state index contributed by atoms with van der Waals surface area (Å²) in [5.74, 6) is -0.129. The lowest BCUT2D eigenvalue weighted by molar-refractivity contribution is -0.383. The maximum atomic E-state index is 12.3. The van der Waals surface area contributed by atoms with Crippen LogP contribution < -0.4 is 5.32 Å². The van der Waals surface area contributed by atoms with E-state index < -0.39 is 4.92 Å². The molecule has 1 fully saturated rings. The quantitative estimate of drug-likeness (QED) is 0.667. The van der Waals surface area contributed by atoms with Gasteiger partial charge in [0.05, 0.1) is 11.0 Å². The number of amides is 1. The van der Waals surface area contributed by atoms with Crippen LogP contribution in [0.15, 0.2) is 18.2 Å². The van der Waals surface area contributed by atoms with E-state index in [9.17, 15) is 14.9 Å². The highest BCUT2D eigenvalue weighted by molar-refractivity contribution is 5.96. The topological polar surface area (TPSA) is 84.7 Å². The van der Waals surface area contributed by atoms with E-state index in [1.807, 2.05) is 0 Å². The van der Waals surface area contributed by atoms with Gasteiger partial charge in [0, 0.05) is 38.9 Å². The van der Waals surface area contributed by atoms with E-state index in [2.05, 4.69) is 5.32 Å².